The van der Waals surface area contributed by atoms with Crippen LogP contribution in [0.2, 0.25) is 0 Å². The molecule has 0 aliphatic carbocycles. The molecule has 6 nitrogen and oxygen atoms in total. The van der Waals surface area contributed by atoms with Gasteiger partial charge in [-0.05, 0) is 46.1 Å². The number of ether oxygens (including phenoxy) is 2. The van der Waals surface area contributed by atoms with Crippen molar-refractivity contribution in [2.75, 3.05) is 19.7 Å². The number of amides is 1. The van der Waals surface area contributed by atoms with E-state index in [1.165, 1.54) is 0 Å². The minimum Gasteiger partial charge on any atom is -0.444 e. The summed E-state index contributed by atoms with van der Waals surface area (Å²) in [5.41, 5.74) is 2.20. The van der Waals surface area contributed by atoms with Gasteiger partial charge in [0, 0.05) is 13.1 Å². The summed E-state index contributed by atoms with van der Waals surface area (Å²) in [6.07, 6.45) is 3.09. The van der Waals surface area contributed by atoms with Gasteiger partial charge in [0.05, 0.1) is 24.2 Å². The molecular formula is C17H25N3O3. The van der Waals surface area contributed by atoms with Gasteiger partial charge in [-0.25, -0.2) is 9.48 Å². The van der Waals surface area contributed by atoms with E-state index in [1.54, 1.807) is 4.90 Å². The molecule has 1 amide bonds. The van der Waals surface area contributed by atoms with Gasteiger partial charge in [-0.3, -0.25) is 0 Å². The Hall–Kier alpha value is -1.82. The van der Waals surface area contributed by atoms with E-state index < -0.39 is 5.60 Å². The number of carbonyl (C=O) groups is 1. The van der Waals surface area contributed by atoms with E-state index in [9.17, 15) is 4.79 Å². The third-order valence-electron chi connectivity index (χ3n) is 4.42. The van der Waals surface area contributed by atoms with E-state index in [2.05, 4.69) is 11.7 Å². The lowest BCUT2D eigenvalue weighted by Gasteiger charge is -2.44. The van der Waals surface area contributed by atoms with E-state index >= 15 is 0 Å². The molecule has 1 saturated heterocycles. The van der Waals surface area contributed by atoms with Gasteiger partial charge in [0.15, 0.2) is 0 Å². The lowest BCUT2D eigenvalue weighted by atomic mass is 9.85. The molecule has 1 fully saturated rings. The third-order valence-corrected chi connectivity index (χ3v) is 4.42. The third kappa shape index (κ3) is 2.87. The standard InChI is InChI=1S/C17H25N3O3/c1-12-10-18-20-13(2)11-22-17(14(12)20)6-8-19(9-7-17)15(21)23-16(3,4)5/h10H,2,6-9,11H2,1,3-5H3. The van der Waals surface area contributed by atoms with Gasteiger partial charge in [-0.15, -0.1) is 0 Å². The summed E-state index contributed by atoms with van der Waals surface area (Å²) in [7, 11) is 0. The number of hydrogen-bond donors (Lipinski definition) is 0. The van der Waals surface area contributed by atoms with E-state index in [-0.39, 0.29) is 11.7 Å². The van der Waals surface area contributed by atoms with Crippen molar-refractivity contribution in [1.82, 2.24) is 14.7 Å². The maximum absolute atomic E-state index is 12.2. The van der Waals surface area contributed by atoms with Crippen LogP contribution in [-0.2, 0) is 15.1 Å². The predicted molar refractivity (Wildman–Crippen MR) is 87.0 cm³/mol. The first-order valence-electron chi connectivity index (χ1n) is 8.07. The lowest BCUT2D eigenvalue weighted by molar-refractivity contribution is -0.0909. The topological polar surface area (TPSA) is 56.6 Å². The zero-order valence-electron chi connectivity index (χ0n) is 14.4. The highest BCUT2D eigenvalue weighted by Crippen LogP contribution is 2.42. The number of likely N-dealkylation sites (tertiary alicyclic amines) is 1. The summed E-state index contributed by atoms with van der Waals surface area (Å²) in [5.74, 6) is 0. The molecule has 0 N–H and O–H groups in total. The number of nitrogens with zero attached hydrogens (tertiary/aromatic N) is 3. The lowest BCUT2D eigenvalue weighted by Crippen LogP contribution is -2.50. The molecule has 0 saturated carbocycles. The quantitative estimate of drug-likeness (QED) is 0.738. The molecule has 1 aromatic heterocycles. The maximum atomic E-state index is 12.2. The van der Waals surface area contributed by atoms with E-state index in [0.717, 1.165) is 29.8 Å². The molecule has 1 spiro atoms. The van der Waals surface area contributed by atoms with Crippen LogP contribution in [0.25, 0.3) is 5.70 Å². The Balaban J connectivity index is 1.76. The van der Waals surface area contributed by atoms with Crippen molar-refractivity contribution in [1.29, 1.82) is 0 Å². The van der Waals surface area contributed by atoms with Gasteiger partial charge in [-0.1, -0.05) is 6.58 Å². The van der Waals surface area contributed by atoms with Crippen molar-refractivity contribution < 1.29 is 14.3 Å². The Morgan fingerprint density at radius 3 is 2.65 bits per heavy atom. The normalized spacial score (nSPS) is 20.5. The second kappa shape index (κ2) is 5.37. The van der Waals surface area contributed by atoms with Crippen molar-refractivity contribution in [3.05, 3.63) is 24.0 Å². The molecule has 3 heterocycles. The number of hydrogen-bond acceptors (Lipinski definition) is 4. The summed E-state index contributed by atoms with van der Waals surface area (Å²) in [4.78, 5) is 14.0. The van der Waals surface area contributed by atoms with Gasteiger partial charge >= 0.3 is 6.09 Å². The van der Waals surface area contributed by atoms with Crippen LogP contribution in [-0.4, -0.2) is 46.1 Å². The Labute approximate surface area is 137 Å². The van der Waals surface area contributed by atoms with Gasteiger partial charge in [0.1, 0.15) is 11.2 Å². The summed E-state index contributed by atoms with van der Waals surface area (Å²) < 4.78 is 13.5. The molecule has 0 atom stereocenters. The molecule has 1 aromatic rings. The largest absolute Gasteiger partial charge is 0.444 e. The number of rotatable bonds is 0. The molecule has 2 aliphatic heterocycles. The van der Waals surface area contributed by atoms with Crippen molar-refractivity contribution in [3.8, 4) is 0 Å². The highest BCUT2D eigenvalue weighted by molar-refractivity contribution is 5.68. The number of aromatic nitrogens is 2. The Morgan fingerprint density at radius 1 is 1.39 bits per heavy atom. The Bertz CT molecular complexity index is 634. The first kappa shape index (κ1) is 16.1. The van der Waals surface area contributed by atoms with Crippen LogP contribution in [0.4, 0.5) is 4.79 Å². The van der Waals surface area contributed by atoms with Crippen LogP contribution in [0.3, 0.4) is 0 Å². The van der Waals surface area contributed by atoms with Gasteiger partial charge in [0.25, 0.3) is 0 Å². The van der Waals surface area contributed by atoms with E-state index in [4.69, 9.17) is 9.47 Å². The number of carbonyl (C=O) groups excluding carboxylic acids is 1. The molecule has 0 aromatic carbocycles. The SMILES string of the molecule is C=C1COC2(CCN(C(=O)OC(C)(C)C)CC2)c2c(C)cnn21. The van der Waals surface area contributed by atoms with E-state index in [0.29, 0.717) is 19.7 Å². The molecule has 0 radical (unpaired) electrons. The minimum absolute atomic E-state index is 0.252. The molecule has 6 heteroatoms. The van der Waals surface area contributed by atoms with E-state index in [1.807, 2.05) is 38.6 Å². The number of piperidine rings is 1. The summed E-state index contributed by atoms with van der Waals surface area (Å²) >= 11 is 0. The van der Waals surface area contributed by atoms with Gasteiger partial charge in [0.2, 0.25) is 0 Å². The second-order valence-electron chi connectivity index (χ2n) is 7.40. The van der Waals surface area contributed by atoms with Crippen LogP contribution >= 0.6 is 0 Å². The fraction of sp³-hybridized carbons (Fsp3) is 0.647. The summed E-state index contributed by atoms with van der Waals surface area (Å²) in [6, 6.07) is 0. The number of aryl methyl sites for hydroxylation is 1. The molecule has 126 valence electrons. The van der Waals surface area contributed by atoms with Crippen LogP contribution in [0, 0.1) is 6.92 Å². The van der Waals surface area contributed by atoms with Crippen LogP contribution in [0.1, 0.15) is 44.9 Å². The van der Waals surface area contributed by atoms with Crippen molar-refractivity contribution in [2.24, 2.45) is 0 Å². The molecular weight excluding hydrogens is 294 g/mol. The fourth-order valence-corrected chi connectivity index (χ4v) is 3.33. The minimum atomic E-state index is -0.472. The van der Waals surface area contributed by atoms with Crippen LogP contribution in [0.5, 0.6) is 0 Å². The predicted octanol–water partition coefficient (Wildman–Crippen LogP) is 2.92. The Morgan fingerprint density at radius 2 is 2.04 bits per heavy atom. The molecule has 2 aliphatic rings. The second-order valence-corrected chi connectivity index (χ2v) is 7.40. The highest BCUT2D eigenvalue weighted by atomic mass is 16.6. The average Bonchev–Trinajstić information content (AvgIpc) is 2.86. The summed E-state index contributed by atoms with van der Waals surface area (Å²) in [6.45, 7) is 13.4. The molecule has 0 unspecified atom stereocenters. The first-order valence-corrected chi connectivity index (χ1v) is 8.07. The van der Waals surface area contributed by atoms with Gasteiger partial charge < -0.3 is 14.4 Å². The van der Waals surface area contributed by atoms with Crippen molar-refractivity contribution >= 4 is 11.8 Å². The number of fused-ring (bicyclic) bond motifs is 2. The zero-order chi connectivity index (χ0) is 16.8. The van der Waals surface area contributed by atoms with Crippen molar-refractivity contribution in [2.45, 2.75) is 51.7 Å². The molecule has 3 rings (SSSR count). The Kier molecular flexibility index (Phi) is 3.75. The smallest absolute Gasteiger partial charge is 0.410 e. The average molecular weight is 319 g/mol. The summed E-state index contributed by atoms with van der Waals surface area (Å²) in [5, 5.41) is 4.42. The monoisotopic (exact) mass is 319 g/mol. The van der Waals surface area contributed by atoms with Crippen LogP contribution < -0.4 is 0 Å². The van der Waals surface area contributed by atoms with Crippen molar-refractivity contribution in [3.63, 3.8) is 0 Å². The maximum Gasteiger partial charge on any atom is 0.410 e. The molecule has 23 heavy (non-hydrogen) atoms. The molecule has 0 bridgehead atoms. The van der Waals surface area contributed by atoms with Gasteiger partial charge in [-0.2, -0.15) is 5.10 Å². The fourth-order valence-electron chi connectivity index (χ4n) is 3.33. The highest BCUT2D eigenvalue weighted by Gasteiger charge is 2.45. The zero-order valence-corrected chi connectivity index (χ0v) is 14.4. The first-order chi connectivity index (χ1) is 10.7. The van der Waals surface area contributed by atoms with Crippen LogP contribution in [0.15, 0.2) is 12.8 Å².